The third-order valence-corrected chi connectivity index (χ3v) is 7.40. The van der Waals surface area contributed by atoms with E-state index >= 15 is 0 Å². The van der Waals surface area contributed by atoms with Gasteiger partial charge in [-0.3, -0.25) is 9.69 Å². The summed E-state index contributed by atoms with van der Waals surface area (Å²) in [6.07, 6.45) is 6.60. The normalized spacial score (nSPS) is 16.1. The highest BCUT2D eigenvalue weighted by atomic mass is 16.5. The Morgan fingerprint density at radius 3 is 2.56 bits per heavy atom. The molecule has 1 aliphatic carbocycles. The molecular weight excluding hydrogens is 492 g/mol. The lowest BCUT2D eigenvalue weighted by Gasteiger charge is -2.33. The lowest BCUT2D eigenvalue weighted by atomic mass is 9.88. The summed E-state index contributed by atoms with van der Waals surface area (Å²) in [5.41, 5.74) is 4.91. The SMILES string of the molecule is COC(=O)/C=C/c1cccc(N(C(=O)C2CCCCC2)C(O)c2ccc(-c3ccc4c(c3)OCCN4)cc2)c1. The van der Waals surface area contributed by atoms with Crippen molar-refractivity contribution in [2.45, 2.75) is 38.3 Å². The van der Waals surface area contributed by atoms with Crippen LogP contribution in [0.3, 0.4) is 0 Å². The minimum atomic E-state index is -1.16. The van der Waals surface area contributed by atoms with E-state index < -0.39 is 12.2 Å². The summed E-state index contributed by atoms with van der Waals surface area (Å²) in [6, 6.07) is 21.0. The number of ether oxygens (including phenoxy) is 2. The number of carbonyl (C=O) groups is 2. The number of methoxy groups -OCH3 is 1. The summed E-state index contributed by atoms with van der Waals surface area (Å²) >= 11 is 0. The minimum absolute atomic E-state index is 0.0836. The molecule has 1 saturated carbocycles. The molecule has 202 valence electrons. The molecule has 7 heteroatoms. The van der Waals surface area contributed by atoms with E-state index in [4.69, 9.17) is 9.47 Å². The fourth-order valence-corrected chi connectivity index (χ4v) is 5.26. The lowest BCUT2D eigenvalue weighted by Crippen LogP contribution is -2.40. The summed E-state index contributed by atoms with van der Waals surface area (Å²) in [4.78, 5) is 26.9. The summed E-state index contributed by atoms with van der Waals surface area (Å²) in [5, 5.41) is 14.9. The van der Waals surface area contributed by atoms with Gasteiger partial charge in [0, 0.05) is 29.8 Å². The Morgan fingerprint density at radius 2 is 1.79 bits per heavy atom. The monoisotopic (exact) mass is 526 g/mol. The second kappa shape index (κ2) is 12.2. The quantitative estimate of drug-likeness (QED) is 0.225. The Bertz CT molecular complexity index is 1340. The number of rotatable bonds is 7. The van der Waals surface area contributed by atoms with Gasteiger partial charge in [-0.2, -0.15) is 0 Å². The third kappa shape index (κ3) is 6.15. The largest absolute Gasteiger partial charge is 0.490 e. The van der Waals surface area contributed by atoms with Crippen molar-refractivity contribution in [1.29, 1.82) is 0 Å². The van der Waals surface area contributed by atoms with Crippen LogP contribution < -0.4 is 15.0 Å². The van der Waals surface area contributed by atoms with Gasteiger partial charge in [0.05, 0.1) is 12.8 Å². The number of amides is 1. The number of nitrogens with zero attached hydrogens (tertiary/aromatic N) is 1. The van der Waals surface area contributed by atoms with E-state index in [1.54, 1.807) is 12.1 Å². The first-order valence-corrected chi connectivity index (χ1v) is 13.5. The second-order valence-electron chi connectivity index (χ2n) is 9.98. The predicted octanol–water partition coefficient (Wildman–Crippen LogP) is 5.95. The van der Waals surface area contributed by atoms with Crippen LogP contribution in [0, 0.1) is 5.92 Å². The molecule has 0 aromatic heterocycles. The molecule has 7 nitrogen and oxygen atoms in total. The molecule has 0 radical (unpaired) electrons. The molecule has 3 aromatic rings. The van der Waals surface area contributed by atoms with Gasteiger partial charge in [0.2, 0.25) is 5.91 Å². The molecule has 0 saturated heterocycles. The maximum atomic E-state index is 13.8. The standard InChI is InChI=1S/C32H34N2O5/c1-38-30(35)17-10-22-6-5-9-27(20-22)34(31(36)24-7-3-2-4-8-24)32(37)25-13-11-23(12-14-25)26-15-16-28-29(21-26)39-19-18-33-28/h5-6,9-17,20-21,24,32-33,37H,2-4,7-8,18-19H2,1H3/b17-10+. The predicted molar refractivity (Wildman–Crippen MR) is 152 cm³/mol. The van der Waals surface area contributed by atoms with Gasteiger partial charge < -0.3 is 19.9 Å². The van der Waals surface area contributed by atoms with Crippen LogP contribution in [0.5, 0.6) is 5.75 Å². The van der Waals surface area contributed by atoms with Crippen LogP contribution in [0.25, 0.3) is 17.2 Å². The lowest BCUT2D eigenvalue weighted by molar-refractivity contribution is -0.134. The minimum Gasteiger partial charge on any atom is -0.490 e. The number of esters is 1. The van der Waals surface area contributed by atoms with Gasteiger partial charge in [-0.25, -0.2) is 4.79 Å². The number of aliphatic hydroxyl groups excluding tert-OH is 1. The van der Waals surface area contributed by atoms with Crippen molar-refractivity contribution in [2.75, 3.05) is 30.5 Å². The van der Waals surface area contributed by atoms with Crippen LogP contribution in [0.1, 0.15) is 49.5 Å². The van der Waals surface area contributed by atoms with Crippen molar-refractivity contribution < 1.29 is 24.2 Å². The van der Waals surface area contributed by atoms with Gasteiger partial charge in [0.1, 0.15) is 12.4 Å². The fourth-order valence-electron chi connectivity index (χ4n) is 5.26. The molecule has 1 unspecified atom stereocenters. The Kier molecular flexibility index (Phi) is 8.27. The van der Waals surface area contributed by atoms with Crippen LogP contribution in [0.2, 0.25) is 0 Å². The molecule has 0 spiro atoms. The van der Waals surface area contributed by atoms with Gasteiger partial charge in [-0.05, 0) is 59.9 Å². The van der Waals surface area contributed by atoms with E-state index in [1.165, 1.54) is 18.1 Å². The summed E-state index contributed by atoms with van der Waals surface area (Å²) in [5.74, 6) is 0.149. The third-order valence-electron chi connectivity index (χ3n) is 7.40. The molecule has 1 atom stereocenters. The zero-order chi connectivity index (χ0) is 27.2. The number of hydrogen-bond acceptors (Lipinski definition) is 6. The fraction of sp³-hybridized carbons (Fsp3) is 0.312. The van der Waals surface area contributed by atoms with Crippen LogP contribution in [0.4, 0.5) is 11.4 Å². The zero-order valence-corrected chi connectivity index (χ0v) is 22.1. The van der Waals surface area contributed by atoms with Crippen molar-refractivity contribution in [1.82, 2.24) is 0 Å². The average Bonchev–Trinajstić information content (AvgIpc) is 3.00. The molecule has 1 aliphatic heterocycles. The van der Waals surface area contributed by atoms with E-state index in [1.807, 2.05) is 60.7 Å². The molecule has 1 fully saturated rings. The Balaban J connectivity index is 1.44. The van der Waals surface area contributed by atoms with Crippen LogP contribution in [-0.2, 0) is 14.3 Å². The van der Waals surface area contributed by atoms with Gasteiger partial charge in [-0.15, -0.1) is 0 Å². The highest BCUT2D eigenvalue weighted by Crippen LogP contribution is 2.35. The molecule has 3 aromatic carbocycles. The van der Waals surface area contributed by atoms with Gasteiger partial charge in [0.15, 0.2) is 6.23 Å². The highest BCUT2D eigenvalue weighted by Gasteiger charge is 2.32. The van der Waals surface area contributed by atoms with Crippen LogP contribution in [-0.4, -0.2) is 37.2 Å². The first-order valence-electron chi connectivity index (χ1n) is 13.5. The zero-order valence-electron chi connectivity index (χ0n) is 22.1. The highest BCUT2D eigenvalue weighted by molar-refractivity contribution is 5.96. The first kappa shape index (κ1) is 26.5. The Morgan fingerprint density at radius 1 is 1.03 bits per heavy atom. The molecule has 5 rings (SSSR count). The summed E-state index contributed by atoms with van der Waals surface area (Å²) in [7, 11) is 1.33. The van der Waals surface area contributed by atoms with E-state index in [9.17, 15) is 14.7 Å². The second-order valence-corrected chi connectivity index (χ2v) is 9.98. The van der Waals surface area contributed by atoms with E-state index in [0.717, 1.165) is 66.8 Å². The summed E-state index contributed by atoms with van der Waals surface area (Å²) in [6.45, 7) is 1.42. The summed E-state index contributed by atoms with van der Waals surface area (Å²) < 4.78 is 10.5. The van der Waals surface area contributed by atoms with E-state index in [-0.39, 0.29) is 11.8 Å². The van der Waals surface area contributed by atoms with E-state index in [0.29, 0.717) is 17.9 Å². The average molecular weight is 527 g/mol. The number of aliphatic hydroxyl groups is 1. The smallest absolute Gasteiger partial charge is 0.330 e. The number of carbonyl (C=O) groups excluding carboxylic acids is 2. The van der Waals surface area contributed by atoms with Crippen molar-refractivity contribution in [3.8, 4) is 16.9 Å². The van der Waals surface area contributed by atoms with Crippen molar-refractivity contribution in [3.63, 3.8) is 0 Å². The first-order chi connectivity index (χ1) is 19.0. The van der Waals surface area contributed by atoms with Gasteiger partial charge in [0.25, 0.3) is 0 Å². The topological polar surface area (TPSA) is 88.1 Å². The molecule has 2 N–H and O–H groups in total. The molecule has 1 amide bonds. The number of benzene rings is 3. The van der Waals surface area contributed by atoms with Crippen LogP contribution in [0.15, 0.2) is 72.8 Å². The molecule has 0 bridgehead atoms. The molecule has 1 heterocycles. The Hall–Kier alpha value is -4.10. The van der Waals surface area contributed by atoms with Gasteiger partial charge >= 0.3 is 5.97 Å². The number of anilines is 2. The molecule has 2 aliphatic rings. The number of nitrogens with one attached hydrogen (secondary N) is 1. The van der Waals surface area contributed by atoms with E-state index in [2.05, 4.69) is 5.32 Å². The molecule has 39 heavy (non-hydrogen) atoms. The molecular formula is C32H34N2O5. The maximum absolute atomic E-state index is 13.8. The van der Waals surface area contributed by atoms with Crippen molar-refractivity contribution >= 4 is 29.3 Å². The maximum Gasteiger partial charge on any atom is 0.330 e. The number of hydrogen-bond donors (Lipinski definition) is 2. The van der Waals surface area contributed by atoms with Crippen molar-refractivity contribution in [2.24, 2.45) is 5.92 Å². The van der Waals surface area contributed by atoms with Crippen LogP contribution >= 0.6 is 0 Å². The number of fused-ring (bicyclic) bond motifs is 1. The van der Waals surface area contributed by atoms with Gasteiger partial charge in [-0.1, -0.05) is 61.7 Å². The van der Waals surface area contributed by atoms with Crippen molar-refractivity contribution in [3.05, 3.63) is 83.9 Å². The Labute approximate surface area is 229 Å².